The maximum atomic E-state index is 11.7. The average molecular weight is 299 g/mol. The van der Waals surface area contributed by atoms with Crippen molar-refractivity contribution in [2.24, 2.45) is 0 Å². The Morgan fingerprint density at radius 3 is 2.00 bits per heavy atom. The number of anilines is 1. The van der Waals surface area contributed by atoms with Crippen LogP contribution in [0.2, 0.25) is 0 Å². The van der Waals surface area contributed by atoms with Gasteiger partial charge in [0.15, 0.2) is 0 Å². The number of benzene rings is 2. The van der Waals surface area contributed by atoms with Gasteiger partial charge in [0.2, 0.25) is 0 Å². The number of hydrogen-bond acceptors (Lipinski definition) is 4. The van der Waals surface area contributed by atoms with Gasteiger partial charge >= 0.3 is 6.16 Å². The molecule has 0 spiro atoms. The third-order valence-electron chi connectivity index (χ3n) is 2.81. The van der Waals surface area contributed by atoms with E-state index in [0.29, 0.717) is 12.3 Å². The first-order valence-electron chi connectivity index (χ1n) is 7.57. The fraction of sp³-hybridized carbons (Fsp3) is 0.278. The van der Waals surface area contributed by atoms with Crippen molar-refractivity contribution in [2.75, 3.05) is 11.6 Å². The predicted octanol–water partition coefficient (Wildman–Crippen LogP) is 4.81. The first kappa shape index (κ1) is 15.9. The average Bonchev–Trinajstić information content (AvgIpc) is 3.43. The van der Waals surface area contributed by atoms with E-state index < -0.39 is 6.16 Å². The quantitative estimate of drug-likeness (QED) is 0.461. The molecule has 0 heterocycles. The van der Waals surface area contributed by atoms with E-state index in [1.807, 2.05) is 43.3 Å². The molecule has 0 N–H and O–H groups in total. The summed E-state index contributed by atoms with van der Waals surface area (Å²) in [6, 6.07) is 18.2. The van der Waals surface area contributed by atoms with Crippen LogP contribution < -0.4 is 9.80 Å². The molecule has 2 aromatic carbocycles. The van der Waals surface area contributed by atoms with Crippen LogP contribution in [0.15, 0.2) is 60.7 Å². The summed E-state index contributed by atoms with van der Waals surface area (Å²) in [5.74, 6) is 0.455. The molecule has 0 bridgehead atoms. The van der Waals surface area contributed by atoms with Crippen molar-refractivity contribution in [2.45, 2.75) is 26.2 Å². The Hall–Kier alpha value is -2.49. The second kappa shape index (κ2) is 8.72. The second-order valence-corrected chi connectivity index (χ2v) is 4.85. The molecule has 3 rings (SSSR count). The lowest BCUT2D eigenvalue weighted by atomic mass is 10.3. The second-order valence-electron chi connectivity index (χ2n) is 4.85. The number of ether oxygens (including phenoxy) is 1. The normalized spacial score (nSPS) is 11.7. The highest BCUT2D eigenvalue weighted by atomic mass is 16.8. The highest BCUT2D eigenvalue weighted by Crippen LogP contribution is 2.15. The van der Waals surface area contributed by atoms with Crippen molar-refractivity contribution in [3.8, 4) is 5.75 Å². The van der Waals surface area contributed by atoms with E-state index in [9.17, 15) is 4.79 Å². The van der Waals surface area contributed by atoms with Gasteiger partial charge in [-0.05, 0) is 31.2 Å². The summed E-state index contributed by atoms with van der Waals surface area (Å²) < 4.78 is 5.07. The fourth-order valence-corrected chi connectivity index (χ4v) is 1.59. The van der Waals surface area contributed by atoms with Crippen molar-refractivity contribution in [3.05, 3.63) is 60.7 Å². The maximum absolute atomic E-state index is 11.7. The number of nitrogens with zero attached hydrogens (tertiary/aromatic N) is 1. The van der Waals surface area contributed by atoms with E-state index in [0.717, 1.165) is 5.69 Å². The molecule has 22 heavy (non-hydrogen) atoms. The van der Waals surface area contributed by atoms with Crippen molar-refractivity contribution < 1.29 is 14.4 Å². The van der Waals surface area contributed by atoms with Crippen molar-refractivity contribution in [1.29, 1.82) is 0 Å². The molecule has 0 radical (unpaired) electrons. The third-order valence-corrected chi connectivity index (χ3v) is 2.81. The van der Waals surface area contributed by atoms with Crippen LogP contribution in [0.4, 0.5) is 10.5 Å². The SMILES string of the molecule is C1CC1.CCN(OC(=O)Oc1ccccc1)c1ccccc1. The zero-order valence-electron chi connectivity index (χ0n) is 12.8. The summed E-state index contributed by atoms with van der Waals surface area (Å²) in [5.41, 5.74) is 0.801. The Labute approximate surface area is 131 Å². The van der Waals surface area contributed by atoms with Gasteiger partial charge in [-0.1, -0.05) is 55.7 Å². The molecule has 0 aliphatic heterocycles. The number of hydrogen-bond donors (Lipinski definition) is 0. The van der Waals surface area contributed by atoms with Crippen molar-refractivity contribution in [3.63, 3.8) is 0 Å². The summed E-state index contributed by atoms with van der Waals surface area (Å²) in [5, 5.41) is 1.48. The number of carbonyl (C=O) groups is 1. The minimum Gasteiger partial charge on any atom is -0.393 e. The molecule has 1 saturated carbocycles. The molecule has 1 aliphatic rings. The van der Waals surface area contributed by atoms with Gasteiger partial charge in [-0.2, -0.15) is 0 Å². The Morgan fingerprint density at radius 1 is 0.955 bits per heavy atom. The van der Waals surface area contributed by atoms with Gasteiger partial charge in [0, 0.05) is 0 Å². The Morgan fingerprint density at radius 2 is 1.50 bits per heavy atom. The maximum Gasteiger partial charge on any atom is 0.539 e. The van der Waals surface area contributed by atoms with Gasteiger partial charge in [0.25, 0.3) is 0 Å². The Kier molecular flexibility index (Phi) is 6.30. The molecule has 0 amide bonds. The largest absolute Gasteiger partial charge is 0.539 e. The molecule has 0 aromatic heterocycles. The minimum atomic E-state index is -0.753. The van der Waals surface area contributed by atoms with Crippen LogP contribution >= 0.6 is 0 Å². The number of rotatable bonds is 4. The lowest BCUT2D eigenvalue weighted by Gasteiger charge is -2.20. The van der Waals surface area contributed by atoms with Crippen LogP contribution in [0.1, 0.15) is 26.2 Å². The molecular formula is C18H21NO3. The standard InChI is InChI=1S/C15H15NO3.C3H6/c1-2-16(13-9-5-3-6-10-13)19-15(17)18-14-11-7-4-8-12-14;1-2-3-1/h3-12H,2H2,1H3;1-3H2. The van der Waals surface area contributed by atoms with Gasteiger partial charge in [0.1, 0.15) is 5.75 Å². The highest BCUT2D eigenvalue weighted by molar-refractivity contribution is 5.65. The molecule has 116 valence electrons. The lowest BCUT2D eigenvalue weighted by Crippen LogP contribution is -2.28. The van der Waals surface area contributed by atoms with Crippen LogP contribution in [0.3, 0.4) is 0 Å². The van der Waals surface area contributed by atoms with E-state index in [1.54, 1.807) is 24.3 Å². The van der Waals surface area contributed by atoms with Gasteiger partial charge in [-0.25, -0.2) is 9.86 Å². The van der Waals surface area contributed by atoms with Crippen molar-refractivity contribution >= 4 is 11.8 Å². The lowest BCUT2D eigenvalue weighted by molar-refractivity contribution is 0.0886. The number of carbonyl (C=O) groups excluding carboxylic acids is 1. The molecule has 1 aliphatic carbocycles. The summed E-state index contributed by atoms with van der Waals surface area (Å²) in [6.45, 7) is 2.43. The van der Waals surface area contributed by atoms with Crippen LogP contribution in [0.25, 0.3) is 0 Å². The Balaban J connectivity index is 0.000000523. The zero-order valence-corrected chi connectivity index (χ0v) is 12.8. The first-order chi connectivity index (χ1) is 10.8. The summed E-state index contributed by atoms with van der Waals surface area (Å²) in [6.07, 6.45) is 3.75. The molecule has 2 aromatic rings. The summed E-state index contributed by atoms with van der Waals surface area (Å²) in [7, 11) is 0. The van der Waals surface area contributed by atoms with Crippen molar-refractivity contribution in [1.82, 2.24) is 0 Å². The van der Waals surface area contributed by atoms with Crippen LogP contribution in [0, 0.1) is 0 Å². The zero-order chi connectivity index (χ0) is 15.6. The molecule has 1 fully saturated rings. The van der Waals surface area contributed by atoms with Gasteiger partial charge < -0.3 is 9.57 Å². The predicted molar refractivity (Wildman–Crippen MR) is 86.9 cm³/mol. The molecule has 0 atom stereocenters. The van der Waals surface area contributed by atoms with E-state index in [4.69, 9.17) is 9.57 Å². The molecular weight excluding hydrogens is 278 g/mol. The molecule has 0 saturated heterocycles. The highest BCUT2D eigenvalue weighted by Gasteiger charge is 2.12. The minimum absolute atomic E-state index is 0.455. The van der Waals surface area contributed by atoms with Gasteiger partial charge in [-0.15, -0.1) is 0 Å². The summed E-state index contributed by atoms with van der Waals surface area (Å²) >= 11 is 0. The van der Waals surface area contributed by atoms with E-state index in [1.165, 1.54) is 24.3 Å². The topological polar surface area (TPSA) is 38.8 Å². The molecule has 4 heteroatoms. The number of hydroxylamine groups is 1. The van der Waals surface area contributed by atoms with Gasteiger partial charge in [0.05, 0.1) is 12.2 Å². The fourth-order valence-electron chi connectivity index (χ4n) is 1.59. The smallest absolute Gasteiger partial charge is 0.393 e. The number of para-hydroxylation sites is 2. The van der Waals surface area contributed by atoms with E-state index >= 15 is 0 Å². The van der Waals surface area contributed by atoms with E-state index in [2.05, 4.69) is 0 Å². The summed E-state index contributed by atoms with van der Waals surface area (Å²) in [4.78, 5) is 16.8. The van der Waals surface area contributed by atoms with Crippen LogP contribution in [-0.2, 0) is 4.84 Å². The van der Waals surface area contributed by atoms with E-state index in [-0.39, 0.29) is 0 Å². The monoisotopic (exact) mass is 299 g/mol. The van der Waals surface area contributed by atoms with Crippen LogP contribution in [-0.4, -0.2) is 12.7 Å². The van der Waals surface area contributed by atoms with Gasteiger partial charge in [-0.3, -0.25) is 0 Å². The Bertz CT molecular complexity index is 552. The molecule has 4 nitrogen and oxygen atoms in total. The third kappa shape index (κ3) is 5.87. The van der Waals surface area contributed by atoms with Crippen LogP contribution in [0.5, 0.6) is 5.75 Å². The first-order valence-corrected chi connectivity index (χ1v) is 7.57. The molecule has 0 unspecified atom stereocenters.